The second-order valence-electron chi connectivity index (χ2n) is 4.53. The molecule has 0 amide bonds. The lowest BCUT2D eigenvalue weighted by molar-refractivity contribution is -0.137. The van der Waals surface area contributed by atoms with E-state index in [1.54, 1.807) is 6.07 Å². The second kappa shape index (κ2) is 4.89. The predicted molar refractivity (Wildman–Crippen MR) is 61.2 cm³/mol. The van der Waals surface area contributed by atoms with Crippen molar-refractivity contribution in [3.63, 3.8) is 0 Å². The summed E-state index contributed by atoms with van der Waals surface area (Å²) in [6.45, 7) is 5.57. The van der Waals surface area contributed by atoms with Gasteiger partial charge in [0.1, 0.15) is 11.4 Å². The summed E-state index contributed by atoms with van der Waals surface area (Å²) in [6.07, 6.45) is -3.82. The van der Waals surface area contributed by atoms with Crippen molar-refractivity contribution in [1.82, 2.24) is 0 Å². The van der Waals surface area contributed by atoms with E-state index in [1.165, 1.54) is 6.07 Å². The van der Waals surface area contributed by atoms with Crippen LogP contribution in [0.3, 0.4) is 0 Å². The van der Waals surface area contributed by atoms with Gasteiger partial charge in [0.15, 0.2) is 0 Å². The number of hydrogen-bond acceptors (Lipinski definition) is 2. The molecule has 0 atom stereocenters. The third-order valence-electron chi connectivity index (χ3n) is 2.66. The summed E-state index contributed by atoms with van der Waals surface area (Å²) in [5, 5.41) is 8.76. The van der Waals surface area contributed by atoms with Crippen LogP contribution in [0, 0.1) is 11.3 Å². The number of halogens is 3. The maximum Gasteiger partial charge on any atom is 0.417 e. The molecule has 0 fully saturated rings. The highest BCUT2D eigenvalue weighted by Crippen LogP contribution is 2.34. The third-order valence-corrected chi connectivity index (χ3v) is 2.66. The number of benzene rings is 1. The van der Waals surface area contributed by atoms with Crippen LogP contribution in [0.5, 0.6) is 5.75 Å². The summed E-state index contributed by atoms with van der Waals surface area (Å²) >= 11 is 0. The predicted octanol–water partition coefficient (Wildman–Crippen LogP) is 4.14. The van der Waals surface area contributed by atoms with E-state index in [0.717, 1.165) is 12.1 Å². The molecule has 2 nitrogen and oxygen atoms in total. The molecule has 1 aromatic rings. The van der Waals surface area contributed by atoms with E-state index < -0.39 is 22.9 Å². The molecule has 0 unspecified atom stereocenters. The number of nitriles is 1. The van der Waals surface area contributed by atoms with Crippen LogP contribution >= 0.6 is 0 Å². The van der Waals surface area contributed by atoms with Gasteiger partial charge in [-0.3, -0.25) is 0 Å². The highest BCUT2D eigenvalue weighted by atomic mass is 19.4. The zero-order chi connectivity index (χ0) is 14.0. The molecule has 0 radical (unpaired) electrons. The minimum absolute atomic E-state index is 0.270. The second-order valence-corrected chi connectivity index (χ2v) is 4.53. The van der Waals surface area contributed by atoms with Crippen LogP contribution in [-0.4, -0.2) is 5.60 Å². The van der Waals surface area contributed by atoms with Crippen molar-refractivity contribution in [2.75, 3.05) is 0 Å². The normalized spacial score (nSPS) is 12.1. The van der Waals surface area contributed by atoms with E-state index in [4.69, 9.17) is 10.00 Å². The monoisotopic (exact) mass is 257 g/mol. The summed E-state index contributed by atoms with van der Waals surface area (Å²) in [6, 6.07) is 4.78. The molecular weight excluding hydrogens is 243 g/mol. The standard InChI is InChI=1S/C13H14F3NO/c1-4-12(2,3)18-10-5-6-11(13(14,15)16)9(7-10)8-17/h5-7H,4H2,1-3H3. The Kier molecular flexibility index (Phi) is 3.90. The number of ether oxygens (including phenoxy) is 1. The van der Waals surface area contributed by atoms with E-state index in [-0.39, 0.29) is 5.75 Å². The molecule has 0 aliphatic rings. The fourth-order valence-corrected chi connectivity index (χ4v) is 1.32. The minimum atomic E-state index is -4.52. The lowest BCUT2D eigenvalue weighted by Gasteiger charge is -2.25. The van der Waals surface area contributed by atoms with E-state index >= 15 is 0 Å². The average molecular weight is 257 g/mol. The van der Waals surface area contributed by atoms with Gasteiger partial charge in [0, 0.05) is 0 Å². The Hall–Kier alpha value is -1.70. The summed E-state index contributed by atoms with van der Waals surface area (Å²) in [7, 11) is 0. The van der Waals surface area contributed by atoms with Gasteiger partial charge in [-0.05, 0) is 38.5 Å². The molecule has 1 aromatic carbocycles. The smallest absolute Gasteiger partial charge is 0.417 e. The lowest BCUT2D eigenvalue weighted by Crippen LogP contribution is -2.26. The molecule has 0 N–H and O–H groups in total. The maximum atomic E-state index is 12.6. The van der Waals surface area contributed by atoms with E-state index in [1.807, 2.05) is 20.8 Å². The molecule has 0 aromatic heterocycles. The first-order valence-electron chi connectivity index (χ1n) is 5.50. The Morgan fingerprint density at radius 2 is 1.89 bits per heavy atom. The first-order chi connectivity index (χ1) is 8.19. The van der Waals surface area contributed by atoms with Crippen molar-refractivity contribution in [2.45, 2.75) is 39.0 Å². The lowest BCUT2D eigenvalue weighted by atomic mass is 10.1. The van der Waals surface area contributed by atoms with Crippen molar-refractivity contribution >= 4 is 0 Å². The zero-order valence-corrected chi connectivity index (χ0v) is 10.4. The highest BCUT2D eigenvalue weighted by Gasteiger charge is 2.33. The van der Waals surface area contributed by atoms with Gasteiger partial charge < -0.3 is 4.74 Å². The number of hydrogen-bond donors (Lipinski definition) is 0. The van der Waals surface area contributed by atoms with Crippen molar-refractivity contribution < 1.29 is 17.9 Å². The molecule has 0 saturated heterocycles. The molecular formula is C13H14F3NO. The van der Waals surface area contributed by atoms with Crippen LogP contribution in [0.1, 0.15) is 38.3 Å². The summed E-state index contributed by atoms with van der Waals surface area (Å²) in [5.41, 5.74) is -1.84. The molecule has 0 heterocycles. The summed E-state index contributed by atoms with van der Waals surface area (Å²) < 4.78 is 43.3. The van der Waals surface area contributed by atoms with Gasteiger partial charge in [0.2, 0.25) is 0 Å². The van der Waals surface area contributed by atoms with Gasteiger partial charge in [-0.1, -0.05) is 6.92 Å². The van der Waals surface area contributed by atoms with Crippen molar-refractivity contribution in [3.05, 3.63) is 29.3 Å². The molecule has 0 aliphatic carbocycles. The zero-order valence-electron chi connectivity index (χ0n) is 10.4. The molecule has 0 bridgehead atoms. The highest BCUT2D eigenvalue weighted by molar-refractivity contribution is 5.44. The summed E-state index contributed by atoms with van der Waals surface area (Å²) in [4.78, 5) is 0. The van der Waals surface area contributed by atoms with Crippen molar-refractivity contribution in [3.8, 4) is 11.8 Å². The Morgan fingerprint density at radius 3 is 2.33 bits per heavy atom. The van der Waals surface area contributed by atoms with Gasteiger partial charge in [-0.2, -0.15) is 18.4 Å². The molecule has 18 heavy (non-hydrogen) atoms. The Labute approximate surface area is 104 Å². The number of alkyl halides is 3. The van der Waals surface area contributed by atoms with Gasteiger partial charge in [0.25, 0.3) is 0 Å². The molecule has 98 valence electrons. The van der Waals surface area contributed by atoms with Crippen LogP contribution < -0.4 is 4.74 Å². The minimum Gasteiger partial charge on any atom is -0.488 e. The maximum absolute atomic E-state index is 12.6. The fourth-order valence-electron chi connectivity index (χ4n) is 1.32. The number of rotatable bonds is 3. The van der Waals surface area contributed by atoms with Crippen molar-refractivity contribution in [1.29, 1.82) is 5.26 Å². The van der Waals surface area contributed by atoms with Gasteiger partial charge in [-0.15, -0.1) is 0 Å². The SMILES string of the molecule is CCC(C)(C)Oc1ccc(C(F)(F)F)c(C#N)c1. The van der Waals surface area contributed by atoms with Gasteiger partial charge >= 0.3 is 6.18 Å². The Morgan fingerprint density at radius 1 is 1.28 bits per heavy atom. The van der Waals surface area contributed by atoms with Crippen molar-refractivity contribution in [2.24, 2.45) is 0 Å². The van der Waals surface area contributed by atoms with E-state index in [2.05, 4.69) is 0 Å². The topological polar surface area (TPSA) is 33.0 Å². The molecule has 1 rings (SSSR count). The summed E-state index contributed by atoms with van der Waals surface area (Å²) in [5.74, 6) is 0.270. The van der Waals surface area contributed by atoms with Crippen LogP contribution in [0.15, 0.2) is 18.2 Å². The molecule has 5 heteroatoms. The van der Waals surface area contributed by atoms with Crippen LogP contribution in [-0.2, 0) is 6.18 Å². The quantitative estimate of drug-likeness (QED) is 0.815. The molecule has 0 spiro atoms. The van der Waals surface area contributed by atoms with Gasteiger partial charge in [-0.25, -0.2) is 0 Å². The first kappa shape index (κ1) is 14.4. The van der Waals surface area contributed by atoms with Crippen LogP contribution in [0.2, 0.25) is 0 Å². The number of nitrogens with zero attached hydrogens (tertiary/aromatic N) is 1. The van der Waals surface area contributed by atoms with Crippen LogP contribution in [0.4, 0.5) is 13.2 Å². The van der Waals surface area contributed by atoms with Gasteiger partial charge in [0.05, 0.1) is 17.2 Å². The third kappa shape index (κ3) is 3.39. The van der Waals surface area contributed by atoms with E-state index in [0.29, 0.717) is 6.42 Å². The Balaban J connectivity index is 3.12. The average Bonchev–Trinajstić information content (AvgIpc) is 2.27. The fraction of sp³-hybridized carbons (Fsp3) is 0.462. The Bertz CT molecular complexity index is 472. The van der Waals surface area contributed by atoms with E-state index in [9.17, 15) is 13.2 Å². The largest absolute Gasteiger partial charge is 0.488 e. The molecule has 0 saturated carbocycles. The molecule has 0 aliphatic heterocycles. The van der Waals surface area contributed by atoms with Crippen LogP contribution in [0.25, 0.3) is 0 Å². The first-order valence-corrected chi connectivity index (χ1v) is 5.50.